The Hall–Kier alpha value is -1.63. The van der Waals surface area contributed by atoms with Gasteiger partial charge >= 0.3 is 6.03 Å². The van der Waals surface area contributed by atoms with Crippen molar-refractivity contribution in [1.82, 2.24) is 20.4 Å². The van der Waals surface area contributed by atoms with Crippen molar-refractivity contribution in [3.8, 4) is 0 Å². The summed E-state index contributed by atoms with van der Waals surface area (Å²) in [6.07, 6.45) is 0.916. The van der Waals surface area contributed by atoms with Crippen molar-refractivity contribution in [3.63, 3.8) is 0 Å². The molecule has 1 rings (SSSR count). The summed E-state index contributed by atoms with van der Waals surface area (Å²) in [4.78, 5) is 39.3. The number of piperazine rings is 1. The number of hydrogen-bond donors (Lipinski definition) is 2. The van der Waals surface area contributed by atoms with Crippen LogP contribution in [0.4, 0.5) is 4.79 Å². The number of hydrogen-bond acceptors (Lipinski definition) is 4. The largest absolute Gasteiger partial charge is 0.340 e. The first kappa shape index (κ1) is 17.4. The number of nitrogens with one attached hydrogen (secondary N) is 2. The molecule has 1 aliphatic rings. The molecular weight excluding hydrogens is 272 g/mol. The lowest BCUT2D eigenvalue weighted by Gasteiger charge is -2.45. The lowest BCUT2D eigenvalue weighted by Crippen LogP contribution is -2.64. The second kappa shape index (κ2) is 7.40. The predicted octanol–water partition coefficient (Wildman–Crippen LogP) is 0.165. The summed E-state index contributed by atoms with van der Waals surface area (Å²) >= 11 is 0. The zero-order chi connectivity index (χ0) is 16.0. The minimum atomic E-state index is -0.730. The van der Waals surface area contributed by atoms with E-state index < -0.39 is 17.5 Å². The van der Waals surface area contributed by atoms with Crippen molar-refractivity contribution in [1.29, 1.82) is 0 Å². The maximum atomic E-state index is 12.4. The van der Waals surface area contributed by atoms with Crippen LogP contribution in [0.2, 0.25) is 0 Å². The van der Waals surface area contributed by atoms with Gasteiger partial charge in [0.15, 0.2) is 0 Å². The smallest absolute Gasteiger partial charge is 0.321 e. The molecule has 0 atom stereocenters. The van der Waals surface area contributed by atoms with Gasteiger partial charge in [0.2, 0.25) is 11.8 Å². The van der Waals surface area contributed by atoms with Crippen LogP contribution in [0.15, 0.2) is 0 Å². The van der Waals surface area contributed by atoms with Crippen LogP contribution >= 0.6 is 0 Å². The molecule has 0 aliphatic carbocycles. The molecule has 0 aromatic heterocycles. The monoisotopic (exact) mass is 298 g/mol. The standard InChI is InChI=1S/C14H26N4O3/c1-5-7-17-8-9-18(14(3,4)12(17)20)10-11(19)16-13(21)15-6-2/h5-10H2,1-4H3,(H2,15,16,19,21). The van der Waals surface area contributed by atoms with Gasteiger partial charge in [0.25, 0.3) is 0 Å². The van der Waals surface area contributed by atoms with Gasteiger partial charge in [-0.1, -0.05) is 6.92 Å². The Labute approximate surface area is 126 Å². The first-order chi connectivity index (χ1) is 9.82. The highest BCUT2D eigenvalue weighted by Crippen LogP contribution is 2.22. The normalized spacial score (nSPS) is 18.5. The highest BCUT2D eigenvalue weighted by Gasteiger charge is 2.42. The van der Waals surface area contributed by atoms with Crippen LogP contribution in [-0.2, 0) is 9.59 Å². The predicted molar refractivity (Wildman–Crippen MR) is 79.7 cm³/mol. The molecule has 1 heterocycles. The number of imide groups is 1. The van der Waals surface area contributed by atoms with Gasteiger partial charge < -0.3 is 10.2 Å². The van der Waals surface area contributed by atoms with Crippen LogP contribution in [-0.4, -0.2) is 65.9 Å². The average Bonchev–Trinajstić information content (AvgIpc) is 2.39. The van der Waals surface area contributed by atoms with Crippen LogP contribution in [0.5, 0.6) is 0 Å². The SMILES string of the molecule is CCCN1CCN(CC(=O)NC(=O)NCC)C(C)(C)C1=O. The van der Waals surface area contributed by atoms with Crippen LogP contribution in [0, 0.1) is 0 Å². The van der Waals surface area contributed by atoms with Gasteiger partial charge in [0.1, 0.15) is 0 Å². The molecule has 0 bridgehead atoms. The van der Waals surface area contributed by atoms with Crippen molar-refractivity contribution in [2.75, 3.05) is 32.7 Å². The molecule has 1 fully saturated rings. The molecular formula is C14H26N4O3. The molecule has 0 spiro atoms. The van der Waals surface area contributed by atoms with E-state index in [0.29, 0.717) is 19.6 Å². The van der Waals surface area contributed by atoms with Gasteiger partial charge in [0.05, 0.1) is 12.1 Å². The van der Waals surface area contributed by atoms with E-state index in [1.165, 1.54) is 0 Å². The third-order valence-electron chi connectivity index (χ3n) is 3.66. The Morgan fingerprint density at radius 2 is 1.90 bits per heavy atom. The van der Waals surface area contributed by atoms with Crippen molar-refractivity contribution in [2.24, 2.45) is 0 Å². The Kier molecular flexibility index (Phi) is 6.14. The van der Waals surface area contributed by atoms with E-state index in [0.717, 1.165) is 13.0 Å². The van der Waals surface area contributed by atoms with Gasteiger partial charge in [-0.05, 0) is 27.2 Å². The van der Waals surface area contributed by atoms with E-state index >= 15 is 0 Å². The fourth-order valence-electron chi connectivity index (χ4n) is 2.45. The lowest BCUT2D eigenvalue weighted by molar-refractivity contribution is -0.150. The molecule has 7 nitrogen and oxygen atoms in total. The first-order valence-corrected chi connectivity index (χ1v) is 7.45. The molecule has 0 aromatic carbocycles. The molecule has 1 aliphatic heterocycles. The minimum absolute atomic E-state index is 0.0291. The second-order valence-corrected chi connectivity index (χ2v) is 5.68. The summed E-state index contributed by atoms with van der Waals surface area (Å²) in [6, 6.07) is -0.503. The number of carbonyl (C=O) groups excluding carboxylic acids is 3. The maximum absolute atomic E-state index is 12.4. The van der Waals surface area contributed by atoms with Gasteiger partial charge in [0, 0.05) is 26.2 Å². The summed E-state index contributed by atoms with van der Waals surface area (Å²) in [6.45, 7) is 9.92. The topological polar surface area (TPSA) is 81.8 Å². The van der Waals surface area contributed by atoms with Crippen molar-refractivity contribution >= 4 is 17.8 Å². The summed E-state index contributed by atoms with van der Waals surface area (Å²) in [7, 11) is 0. The van der Waals surface area contributed by atoms with Gasteiger partial charge in [-0.3, -0.25) is 19.8 Å². The average molecular weight is 298 g/mol. The molecule has 2 N–H and O–H groups in total. The van der Waals surface area contributed by atoms with Crippen molar-refractivity contribution < 1.29 is 14.4 Å². The van der Waals surface area contributed by atoms with Gasteiger partial charge in [-0.2, -0.15) is 0 Å². The molecule has 0 radical (unpaired) electrons. The van der Waals surface area contributed by atoms with Crippen LogP contribution in [0.25, 0.3) is 0 Å². The van der Waals surface area contributed by atoms with E-state index in [9.17, 15) is 14.4 Å². The Morgan fingerprint density at radius 3 is 2.48 bits per heavy atom. The van der Waals surface area contributed by atoms with E-state index in [1.54, 1.807) is 6.92 Å². The fourth-order valence-corrected chi connectivity index (χ4v) is 2.45. The molecule has 4 amide bonds. The highest BCUT2D eigenvalue weighted by atomic mass is 16.2. The van der Waals surface area contributed by atoms with Crippen LogP contribution < -0.4 is 10.6 Å². The highest BCUT2D eigenvalue weighted by molar-refractivity contribution is 5.96. The first-order valence-electron chi connectivity index (χ1n) is 7.45. The minimum Gasteiger partial charge on any atom is -0.340 e. The number of amides is 4. The Morgan fingerprint density at radius 1 is 1.24 bits per heavy atom. The van der Waals surface area contributed by atoms with E-state index in [-0.39, 0.29) is 12.5 Å². The van der Waals surface area contributed by atoms with Crippen molar-refractivity contribution in [2.45, 2.75) is 39.7 Å². The van der Waals surface area contributed by atoms with Crippen molar-refractivity contribution in [3.05, 3.63) is 0 Å². The zero-order valence-electron chi connectivity index (χ0n) is 13.4. The van der Waals surface area contributed by atoms with Gasteiger partial charge in [-0.15, -0.1) is 0 Å². The Balaban J connectivity index is 2.62. The molecule has 7 heteroatoms. The van der Waals surface area contributed by atoms with E-state index in [2.05, 4.69) is 10.6 Å². The third kappa shape index (κ3) is 4.42. The molecule has 21 heavy (non-hydrogen) atoms. The lowest BCUT2D eigenvalue weighted by atomic mass is 9.97. The van der Waals surface area contributed by atoms with E-state index in [4.69, 9.17) is 0 Å². The maximum Gasteiger partial charge on any atom is 0.321 e. The van der Waals surface area contributed by atoms with Gasteiger partial charge in [-0.25, -0.2) is 4.79 Å². The molecule has 0 saturated carbocycles. The summed E-state index contributed by atoms with van der Waals surface area (Å²) in [5.41, 5.74) is -0.730. The van der Waals surface area contributed by atoms with Crippen LogP contribution in [0.3, 0.4) is 0 Å². The number of carbonyl (C=O) groups is 3. The number of nitrogens with zero attached hydrogens (tertiary/aromatic N) is 2. The van der Waals surface area contributed by atoms with E-state index in [1.807, 2.05) is 30.6 Å². The second-order valence-electron chi connectivity index (χ2n) is 5.68. The molecule has 120 valence electrons. The summed E-state index contributed by atoms with van der Waals surface area (Å²) < 4.78 is 0. The Bertz CT molecular complexity index is 409. The zero-order valence-corrected chi connectivity index (χ0v) is 13.4. The number of urea groups is 1. The number of rotatable bonds is 5. The summed E-state index contributed by atoms with van der Waals surface area (Å²) in [5.74, 6) is -0.368. The van der Waals surface area contributed by atoms with Crippen LogP contribution in [0.1, 0.15) is 34.1 Å². The fraction of sp³-hybridized carbons (Fsp3) is 0.786. The third-order valence-corrected chi connectivity index (χ3v) is 3.66. The molecule has 0 aromatic rings. The molecule has 1 saturated heterocycles. The quantitative estimate of drug-likeness (QED) is 0.758. The summed E-state index contributed by atoms with van der Waals surface area (Å²) in [5, 5.41) is 4.76. The molecule has 0 unspecified atom stereocenters.